The summed E-state index contributed by atoms with van der Waals surface area (Å²) in [6.07, 6.45) is 8.07. The lowest BCUT2D eigenvalue weighted by atomic mass is 9.97. The molecule has 0 radical (unpaired) electrons. The Labute approximate surface area is 110 Å². The maximum atomic E-state index is 12.4. The molecule has 2 saturated carbocycles. The molecule has 1 amide bonds. The highest BCUT2D eigenvalue weighted by Crippen LogP contribution is 2.39. The van der Waals surface area contributed by atoms with Crippen molar-refractivity contribution in [3.63, 3.8) is 0 Å². The van der Waals surface area contributed by atoms with E-state index in [-0.39, 0.29) is 18.3 Å². The summed E-state index contributed by atoms with van der Waals surface area (Å²) in [6, 6.07) is 0. The van der Waals surface area contributed by atoms with E-state index >= 15 is 0 Å². The number of amides is 1. The minimum atomic E-state index is -0.501. The number of carbonyl (C=O) groups excluding carboxylic acids is 1. The summed E-state index contributed by atoms with van der Waals surface area (Å²) in [5.74, 6) is 1.82. The van der Waals surface area contributed by atoms with Gasteiger partial charge in [-0.2, -0.15) is 0 Å². The van der Waals surface area contributed by atoms with Crippen molar-refractivity contribution < 1.29 is 4.79 Å². The summed E-state index contributed by atoms with van der Waals surface area (Å²) >= 11 is 0. The first kappa shape index (κ1) is 13.2. The first-order chi connectivity index (χ1) is 7.69. The molecule has 4 heteroatoms. The third-order valence-corrected chi connectivity index (χ3v) is 4.94. The summed E-state index contributed by atoms with van der Waals surface area (Å²) in [4.78, 5) is 14.5. The van der Waals surface area contributed by atoms with Gasteiger partial charge in [-0.25, -0.2) is 0 Å². The molecule has 17 heavy (non-hydrogen) atoms. The Morgan fingerprint density at radius 1 is 1.06 bits per heavy atom. The normalized spacial score (nSPS) is 34.5. The number of likely N-dealkylation sites (tertiary alicyclic amines) is 1. The Morgan fingerprint density at radius 2 is 1.59 bits per heavy atom. The highest BCUT2D eigenvalue weighted by molar-refractivity contribution is 5.86. The number of nitrogens with zero attached hydrogens (tertiary/aromatic N) is 1. The standard InChI is InChI=1S/C13H22N2O.ClH/c14-13(6-1-2-7-13)12(16)15-8-10-4-3-5-11(10)9-15;/h10-11H,1-9,14H2;1H. The van der Waals surface area contributed by atoms with Crippen LogP contribution < -0.4 is 5.73 Å². The van der Waals surface area contributed by atoms with Gasteiger partial charge in [0.1, 0.15) is 0 Å². The number of hydrogen-bond acceptors (Lipinski definition) is 2. The predicted molar refractivity (Wildman–Crippen MR) is 70.0 cm³/mol. The quantitative estimate of drug-likeness (QED) is 0.781. The van der Waals surface area contributed by atoms with E-state index in [9.17, 15) is 4.79 Å². The zero-order valence-corrected chi connectivity index (χ0v) is 11.2. The first-order valence-electron chi connectivity index (χ1n) is 6.77. The van der Waals surface area contributed by atoms with Crippen molar-refractivity contribution in [3.8, 4) is 0 Å². The van der Waals surface area contributed by atoms with Crippen LogP contribution in [-0.2, 0) is 4.79 Å². The lowest BCUT2D eigenvalue weighted by Gasteiger charge is -2.29. The third kappa shape index (κ3) is 2.19. The second-order valence-corrected chi connectivity index (χ2v) is 6.02. The Kier molecular flexibility index (Phi) is 3.69. The van der Waals surface area contributed by atoms with Crippen LogP contribution in [0.1, 0.15) is 44.9 Å². The smallest absolute Gasteiger partial charge is 0.242 e. The molecular formula is C13H23ClN2O. The lowest BCUT2D eigenvalue weighted by Crippen LogP contribution is -2.53. The monoisotopic (exact) mass is 258 g/mol. The molecule has 1 aliphatic heterocycles. The molecule has 1 heterocycles. The summed E-state index contributed by atoms with van der Waals surface area (Å²) in [5, 5.41) is 0. The van der Waals surface area contributed by atoms with Gasteiger partial charge in [0, 0.05) is 13.1 Å². The van der Waals surface area contributed by atoms with Gasteiger partial charge in [-0.3, -0.25) is 4.79 Å². The maximum absolute atomic E-state index is 12.4. The number of nitrogens with two attached hydrogens (primary N) is 1. The van der Waals surface area contributed by atoms with Crippen LogP contribution in [0.5, 0.6) is 0 Å². The first-order valence-corrected chi connectivity index (χ1v) is 6.77. The fourth-order valence-corrected chi connectivity index (χ4v) is 3.94. The van der Waals surface area contributed by atoms with Gasteiger partial charge in [0.15, 0.2) is 0 Å². The number of fused-ring (bicyclic) bond motifs is 1. The van der Waals surface area contributed by atoms with Crippen LogP contribution >= 0.6 is 12.4 Å². The van der Waals surface area contributed by atoms with E-state index in [2.05, 4.69) is 4.90 Å². The molecule has 0 bridgehead atoms. The van der Waals surface area contributed by atoms with Crippen molar-refractivity contribution in [2.24, 2.45) is 17.6 Å². The van der Waals surface area contributed by atoms with Crippen molar-refractivity contribution in [3.05, 3.63) is 0 Å². The van der Waals surface area contributed by atoms with Gasteiger partial charge in [-0.05, 0) is 37.5 Å². The van der Waals surface area contributed by atoms with Crippen LogP contribution in [0.15, 0.2) is 0 Å². The molecule has 0 aromatic rings. The van der Waals surface area contributed by atoms with E-state index in [1.807, 2.05) is 0 Å². The van der Waals surface area contributed by atoms with Crippen LogP contribution in [0, 0.1) is 11.8 Å². The molecule has 0 spiro atoms. The molecule has 98 valence electrons. The van der Waals surface area contributed by atoms with Gasteiger partial charge in [0.2, 0.25) is 5.91 Å². The second kappa shape index (κ2) is 4.77. The van der Waals surface area contributed by atoms with Crippen LogP contribution in [0.25, 0.3) is 0 Å². The molecule has 2 atom stereocenters. The summed E-state index contributed by atoms with van der Waals surface area (Å²) in [5.41, 5.74) is 5.74. The predicted octanol–water partition coefficient (Wildman–Crippen LogP) is 1.94. The molecule has 2 aliphatic carbocycles. The van der Waals surface area contributed by atoms with Gasteiger partial charge in [0.25, 0.3) is 0 Å². The van der Waals surface area contributed by atoms with Gasteiger partial charge in [0.05, 0.1) is 5.54 Å². The van der Waals surface area contributed by atoms with E-state index in [4.69, 9.17) is 5.73 Å². The SMILES string of the molecule is Cl.NC1(C(=O)N2CC3CCCC3C2)CCCC1. The minimum Gasteiger partial charge on any atom is -0.341 e. The van der Waals surface area contributed by atoms with Crippen LogP contribution in [0.4, 0.5) is 0 Å². The van der Waals surface area contributed by atoms with Gasteiger partial charge in [-0.15, -0.1) is 12.4 Å². The number of rotatable bonds is 1. The number of hydrogen-bond donors (Lipinski definition) is 1. The average Bonchev–Trinajstić information content (AvgIpc) is 2.90. The van der Waals surface area contributed by atoms with E-state index in [1.54, 1.807) is 0 Å². The van der Waals surface area contributed by atoms with Crippen LogP contribution in [-0.4, -0.2) is 29.4 Å². The van der Waals surface area contributed by atoms with Crippen LogP contribution in [0.3, 0.4) is 0 Å². The summed E-state index contributed by atoms with van der Waals surface area (Å²) < 4.78 is 0. The Bertz CT molecular complexity index is 290. The molecule has 3 aliphatic rings. The minimum absolute atomic E-state index is 0. The van der Waals surface area contributed by atoms with E-state index in [1.165, 1.54) is 19.3 Å². The van der Waals surface area contributed by atoms with E-state index in [0.29, 0.717) is 0 Å². The highest BCUT2D eigenvalue weighted by Gasteiger charge is 2.45. The van der Waals surface area contributed by atoms with Crippen molar-refractivity contribution in [1.29, 1.82) is 0 Å². The molecule has 3 fully saturated rings. The topological polar surface area (TPSA) is 46.3 Å². The van der Waals surface area contributed by atoms with Gasteiger partial charge in [-0.1, -0.05) is 19.3 Å². The van der Waals surface area contributed by atoms with Crippen molar-refractivity contribution in [2.45, 2.75) is 50.5 Å². The summed E-state index contributed by atoms with van der Waals surface area (Å²) in [7, 11) is 0. The van der Waals surface area contributed by atoms with Crippen molar-refractivity contribution in [1.82, 2.24) is 4.90 Å². The second-order valence-electron chi connectivity index (χ2n) is 6.02. The fraction of sp³-hybridized carbons (Fsp3) is 0.923. The Hall–Kier alpha value is -0.280. The zero-order valence-electron chi connectivity index (χ0n) is 10.4. The summed E-state index contributed by atoms with van der Waals surface area (Å²) in [6.45, 7) is 1.98. The zero-order chi connectivity index (χ0) is 11.2. The average molecular weight is 259 g/mol. The third-order valence-electron chi connectivity index (χ3n) is 4.94. The van der Waals surface area contributed by atoms with Gasteiger partial charge < -0.3 is 10.6 Å². The Morgan fingerprint density at radius 3 is 2.12 bits per heavy atom. The Balaban J connectivity index is 0.00000108. The van der Waals surface area contributed by atoms with Crippen LogP contribution in [0.2, 0.25) is 0 Å². The fourth-order valence-electron chi connectivity index (χ4n) is 3.94. The molecule has 1 saturated heterocycles. The number of carbonyl (C=O) groups is 1. The molecule has 2 N–H and O–H groups in total. The van der Waals surface area contributed by atoms with Gasteiger partial charge >= 0.3 is 0 Å². The molecule has 3 nitrogen and oxygen atoms in total. The highest BCUT2D eigenvalue weighted by atomic mass is 35.5. The molecule has 2 unspecified atom stereocenters. The number of halogens is 1. The molecule has 0 aromatic heterocycles. The van der Waals surface area contributed by atoms with E-state index in [0.717, 1.165) is 50.6 Å². The van der Waals surface area contributed by atoms with Crippen molar-refractivity contribution >= 4 is 18.3 Å². The van der Waals surface area contributed by atoms with Crippen molar-refractivity contribution in [2.75, 3.05) is 13.1 Å². The molecular weight excluding hydrogens is 236 g/mol. The lowest BCUT2D eigenvalue weighted by molar-refractivity contribution is -0.136. The molecule has 0 aromatic carbocycles. The largest absolute Gasteiger partial charge is 0.341 e. The maximum Gasteiger partial charge on any atom is 0.242 e. The van der Waals surface area contributed by atoms with E-state index < -0.39 is 5.54 Å². The molecule has 3 rings (SSSR count).